The highest BCUT2D eigenvalue weighted by Gasteiger charge is 2.20. The zero-order chi connectivity index (χ0) is 50.0. The van der Waals surface area contributed by atoms with E-state index >= 15 is 0 Å². The summed E-state index contributed by atoms with van der Waals surface area (Å²) in [6.07, 6.45) is 70.7. The predicted octanol–water partition coefficient (Wildman–Crippen LogP) is 19.6. The average molecular weight is 975 g/mol. The van der Waals surface area contributed by atoms with E-state index in [1.54, 1.807) is 0 Å². The highest BCUT2D eigenvalue weighted by molar-refractivity contribution is 5.76. The van der Waals surface area contributed by atoms with Crippen LogP contribution in [0.1, 0.15) is 354 Å². The SMILES string of the molecule is CCCCCCCCCCCCCCCCCCCCCC(O)C(CO)NC(=O)CCCCCCCCC/C=C\CCCCCCCCCCOC(=O)CCCCCCCCCCCCCCCC. The maximum Gasteiger partial charge on any atom is 0.305 e. The van der Waals surface area contributed by atoms with Gasteiger partial charge in [-0.3, -0.25) is 9.59 Å². The maximum absolute atomic E-state index is 12.5. The lowest BCUT2D eigenvalue weighted by Crippen LogP contribution is -2.45. The van der Waals surface area contributed by atoms with Gasteiger partial charge in [-0.2, -0.15) is 0 Å². The van der Waals surface area contributed by atoms with E-state index in [2.05, 4.69) is 31.3 Å². The highest BCUT2D eigenvalue weighted by atomic mass is 16.5. The Bertz CT molecular complexity index is 1030. The summed E-state index contributed by atoms with van der Waals surface area (Å²) in [4.78, 5) is 24.6. The third kappa shape index (κ3) is 55.8. The minimum atomic E-state index is -0.670. The first-order valence-electron chi connectivity index (χ1n) is 31.4. The lowest BCUT2D eigenvalue weighted by atomic mass is 10.0. The Kier molecular flexibility index (Phi) is 58.0. The van der Waals surface area contributed by atoms with E-state index in [1.807, 2.05) is 0 Å². The fourth-order valence-electron chi connectivity index (χ4n) is 9.99. The molecule has 0 heterocycles. The van der Waals surface area contributed by atoms with Crippen LogP contribution in [-0.4, -0.2) is 47.4 Å². The Labute approximate surface area is 431 Å². The number of aliphatic hydroxyl groups excluding tert-OH is 2. The van der Waals surface area contributed by atoms with Crippen LogP contribution in [0, 0.1) is 0 Å². The number of carbonyl (C=O) groups excluding carboxylic acids is 2. The Balaban J connectivity index is 3.43. The van der Waals surface area contributed by atoms with Gasteiger partial charge >= 0.3 is 5.97 Å². The Morgan fingerprint density at radius 2 is 0.681 bits per heavy atom. The first-order valence-corrected chi connectivity index (χ1v) is 31.4. The number of unbranched alkanes of at least 4 members (excludes halogenated alkanes) is 46. The topological polar surface area (TPSA) is 95.9 Å². The van der Waals surface area contributed by atoms with Crippen LogP contribution in [0.4, 0.5) is 0 Å². The molecule has 6 nitrogen and oxygen atoms in total. The monoisotopic (exact) mass is 974 g/mol. The molecule has 69 heavy (non-hydrogen) atoms. The molecule has 0 fully saturated rings. The molecule has 0 spiro atoms. The molecule has 0 aromatic carbocycles. The molecule has 0 aliphatic rings. The number of rotatable bonds is 59. The third-order valence-electron chi connectivity index (χ3n) is 14.8. The zero-order valence-corrected chi connectivity index (χ0v) is 46.8. The van der Waals surface area contributed by atoms with Crippen LogP contribution < -0.4 is 5.32 Å². The van der Waals surface area contributed by atoms with E-state index in [1.165, 1.54) is 283 Å². The van der Waals surface area contributed by atoms with Crippen molar-refractivity contribution in [3.63, 3.8) is 0 Å². The van der Waals surface area contributed by atoms with Crippen molar-refractivity contribution in [1.29, 1.82) is 0 Å². The number of aliphatic hydroxyl groups is 2. The van der Waals surface area contributed by atoms with Crippen LogP contribution >= 0.6 is 0 Å². The molecule has 0 aliphatic heterocycles. The number of hydrogen-bond donors (Lipinski definition) is 3. The van der Waals surface area contributed by atoms with Gasteiger partial charge in [0.05, 0.1) is 25.4 Å². The van der Waals surface area contributed by atoms with Gasteiger partial charge in [-0.05, 0) is 51.4 Å². The smallest absolute Gasteiger partial charge is 0.305 e. The second kappa shape index (κ2) is 59.2. The number of allylic oxidation sites excluding steroid dienone is 2. The van der Waals surface area contributed by atoms with E-state index in [0.717, 1.165) is 38.5 Å². The first-order chi connectivity index (χ1) is 34.0. The first kappa shape index (κ1) is 67.6. The van der Waals surface area contributed by atoms with Gasteiger partial charge in [-0.25, -0.2) is 0 Å². The molecule has 0 saturated carbocycles. The molecule has 0 saturated heterocycles. The quantitative estimate of drug-likeness (QED) is 0.0321. The van der Waals surface area contributed by atoms with Gasteiger partial charge in [-0.1, -0.05) is 302 Å². The van der Waals surface area contributed by atoms with Crippen LogP contribution in [-0.2, 0) is 14.3 Å². The summed E-state index contributed by atoms with van der Waals surface area (Å²) in [5, 5.41) is 23.3. The Morgan fingerprint density at radius 1 is 0.391 bits per heavy atom. The molecule has 410 valence electrons. The van der Waals surface area contributed by atoms with Crippen molar-refractivity contribution in [2.24, 2.45) is 0 Å². The summed E-state index contributed by atoms with van der Waals surface area (Å²) >= 11 is 0. The summed E-state index contributed by atoms with van der Waals surface area (Å²) in [5.41, 5.74) is 0. The number of esters is 1. The van der Waals surface area contributed by atoms with Gasteiger partial charge in [0.2, 0.25) is 5.91 Å². The molecule has 0 aliphatic carbocycles. The van der Waals surface area contributed by atoms with Gasteiger partial charge in [0.15, 0.2) is 0 Å². The minimum absolute atomic E-state index is 0.00712. The summed E-state index contributed by atoms with van der Waals surface area (Å²) in [6.45, 7) is 4.97. The van der Waals surface area contributed by atoms with E-state index < -0.39 is 12.1 Å². The van der Waals surface area contributed by atoms with Crippen molar-refractivity contribution >= 4 is 11.9 Å². The molecule has 1 amide bonds. The normalized spacial score (nSPS) is 12.6. The molecular weight excluding hydrogens is 851 g/mol. The molecule has 0 aromatic rings. The van der Waals surface area contributed by atoms with Gasteiger partial charge < -0.3 is 20.3 Å². The summed E-state index contributed by atoms with van der Waals surface area (Å²) < 4.78 is 5.48. The molecule has 0 radical (unpaired) electrons. The van der Waals surface area contributed by atoms with Crippen LogP contribution in [0.25, 0.3) is 0 Å². The molecule has 3 N–H and O–H groups in total. The van der Waals surface area contributed by atoms with Gasteiger partial charge in [0, 0.05) is 12.8 Å². The second-order valence-electron chi connectivity index (χ2n) is 21.7. The lowest BCUT2D eigenvalue weighted by molar-refractivity contribution is -0.143. The fraction of sp³-hybridized carbons (Fsp3) is 0.937. The Morgan fingerprint density at radius 3 is 1.03 bits per heavy atom. The number of nitrogens with one attached hydrogen (secondary N) is 1. The van der Waals surface area contributed by atoms with E-state index in [9.17, 15) is 19.8 Å². The summed E-state index contributed by atoms with van der Waals surface area (Å²) in [6, 6.07) is -0.548. The summed E-state index contributed by atoms with van der Waals surface area (Å²) in [5.74, 6) is -0.0339. The van der Waals surface area contributed by atoms with Gasteiger partial charge in [0.1, 0.15) is 0 Å². The second-order valence-corrected chi connectivity index (χ2v) is 21.7. The average Bonchev–Trinajstić information content (AvgIpc) is 3.35. The molecule has 2 unspecified atom stereocenters. The fourth-order valence-corrected chi connectivity index (χ4v) is 9.99. The van der Waals surface area contributed by atoms with E-state index in [4.69, 9.17) is 4.74 Å². The third-order valence-corrected chi connectivity index (χ3v) is 14.8. The van der Waals surface area contributed by atoms with Crippen molar-refractivity contribution in [1.82, 2.24) is 5.32 Å². The number of amides is 1. The van der Waals surface area contributed by atoms with Crippen LogP contribution in [0.3, 0.4) is 0 Å². The zero-order valence-electron chi connectivity index (χ0n) is 46.8. The number of carbonyl (C=O) groups is 2. The van der Waals surface area contributed by atoms with Gasteiger partial charge in [0.25, 0.3) is 0 Å². The molecule has 0 aromatic heterocycles. The Hall–Kier alpha value is -1.40. The van der Waals surface area contributed by atoms with Crippen LogP contribution in [0.2, 0.25) is 0 Å². The summed E-state index contributed by atoms with van der Waals surface area (Å²) in [7, 11) is 0. The standard InChI is InChI=1S/C63H123NO5/c1-3-5-7-9-11-13-15-17-19-20-22-25-28-31-35-39-43-47-51-55-61(66)60(59-65)64-62(67)56-52-48-44-40-36-32-29-26-23-21-24-27-30-34-38-42-46-50-54-58-69-63(68)57-53-49-45-41-37-33-18-16-14-12-10-8-6-4-2/h21,23,60-61,65-66H,3-20,22,24-59H2,1-2H3,(H,64,67)/b23-21-. The number of ether oxygens (including phenoxy) is 1. The molecule has 2 atom stereocenters. The van der Waals surface area contributed by atoms with E-state index in [-0.39, 0.29) is 18.5 Å². The van der Waals surface area contributed by atoms with Crippen molar-refractivity contribution < 1.29 is 24.5 Å². The molecule has 0 rings (SSSR count). The number of hydrogen-bond acceptors (Lipinski definition) is 5. The highest BCUT2D eigenvalue weighted by Crippen LogP contribution is 2.18. The van der Waals surface area contributed by atoms with Crippen molar-refractivity contribution in [3.05, 3.63) is 12.2 Å². The predicted molar refractivity (Wildman–Crippen MR) is 301 cm³/mol. The molecule has 0 bridgehead atoms. The van der Waals surface area contributed by atoms with E-state index in [0.29, 0.717) is 25.9 Å². The molecule has 6 heteroatoms. The van der Waals surface area contributed by atoms with Crippen LogP contribution in [0.5, 0.6) is 0 Å². The van der Waals surface area contributed by atoms with Crippen molar-refractivity contribution in [2.45, 2.75) is 366 Å². The van der Waals surface area contributed by atoms with Crippen LogP contribution in [0.15, 0.2) is 12.2 Å². The van der Waals surface area contributed by atoms with Crippen molar-refractivity contribution in [2.75, 3.05) is 13.2 Å². The lowest BCUT2D eigenvalue weighted by Gasteiger charge is -2.22. The maximum atomic E-state index is 12.5. The molecular formula is C63H123NO5. The van der Waals surface area contributed by atoms with Crippen molar-refractivity contribution in [3.8, 4) is 0 Å². The van der Waals surface area contributed by atoms with Gasteiger partial charge in [-0.15, -0.1) is 0 Å². The largest absolute Gasteiger partial charge is 0.466 e. The minimum Gasteiger partial charge on any atom is -0.466 e.